The fraction of sp³-hybridized carbons (Fsp3) is 0.500. The van der Waals surface area contributed by atoms with Crippen LogP contribution in [-0.2, 0) is 6.54 Å². The first-order valence-corrected chi connectivity index (χ1v) is 7.58. The minimum Gasteiger partial charge on any atom is -0.334 e. The molecule has 0 radical (unpaired) electrons. The summed E-state index contributed by atoms with van der Waals surface area (Å²) >= 11 is -0.192. The predicted molar refractivity (Wildman–Crippen MR) is 74.1 cm³/mol. The fourth-order valence-corrected chi connectivity index (χ4v) is 3.74. The van der Waals surface area contributed by atoms with Crippen molar-refractivity contribution in [1.29, 1.82) is 0 Å². The van der Waals surface area contributed by atoms with Crippen molar-refractivity contribution in [3.63, 3.8) is 0 Å². The zero-order valence-corrected chi connectivity index (χ0v) is 12.3. The van der Waals surface area contributed by atoms with E-state index in [9.17, 15) is 22.4 Å². The van der Waals surface area contributed by atoms with Crippen molar-refractivity contribution in [2.75, 3.05) is 0 Å². The standard InChI is InChI=1S/C14H14F4N2OS/c15-12-6-13(7-12,8-12)20-11(21)19-5-9-2-1-3-10(4-9)22-14(16,17)18/h1-4H,5-8H2,(H2,19,20,21). The average Bonchev–Trinajstić information content (AvgIpc) is 2.31. The Morgan fingerprint density at radius 2 is 1.95 bits per heavy atom. The van der Waals surface area contributed by atoms with Gasteiger partial charge in [-0.1, -0.05) is 12.1 Å². The number of carbonyl (C=O) groups excluding carboxylic acids is 1. The molecule has 1 aromatic carbocycles. The number of benzene rings is 1. The van der Waals surface area contributed by atoms with E-state index in [0.29, 0.717) is 24.8 Å². The second kappa shape index (κ2) is 5.04. The third-order valence-corrected chi connectivity index (χ3v) is 4.65. The Morgan fingerprint density at radius 1 is 1.27 bits per heavy atom. The summed E-state index contributed by atoms with van der Waals surface area (Å²) in [6.45, 7) is 0.120. The molecule has 22 heavy (non-hydrogen) atoms. The average molecular weight is 334 g/mol. The monoisotopic (exact) mass is 334 g/mol. The first-order chi connectivity index (χ1) is 10.2. The van der Waals surface area contributed by atoms with Crippen molar-refractivity contribution in [2.45, 2.75) is 47.4 Å². The molecule has 3 fully saturated rings. The fourth-order valence-electron chi connectivity index (χ4n) is 3.12. The highest BCUT2D eigenvalue weighted by Gasteiger charge is 2.69. The van der Waals surface area contributed by atoms with Gasteiger partial charge >= 0.3 is 11.5 Å². The lowest BCUT2D eigenvalue weighted by molar-refractivity contribution is -0.162. The highest BCUT2D eigenvalue weighted by molar-refractivity contribution is 8.00. The molecule has 0 heterocycles. The highest BCUT2D eigenvalue weighted by Crippen LogP contribution is 2.62. The molecule has 2 N–H and O–H groups in total. The number of rotatable bonds is 4. The SMILES string of the molecule is O=C(NCc1cccc(SC(F)(F)F)c1)NC12CC(F)(C1)C2. The molecule has 1 aromatic rings. The topological polar surface area (TPSA) is 41.1 Å². The summed E-state index contributed by atoms with van der Waals surface area (Å²) in [5, 5.41) is 5.32. The van der Waals surface area contributed by atoms with Crippen LogP contribution in [0.4, 0.5) is 22.4 Å². The van der Waals surface area contributed by atoms with E-state index in [1.807, 2.05) is 0 Å². The van der Waals surface area contributed by atoms with Gasteiger partial charge in [0.15, 0.2) is 0 Å². The van der Waals surface area contributed by atoms with E-state index in [4.69, 9.17) is 0 Å². The second-order valence-electron chi connectivity index (χ2n) is 5.96. The van der Waals surface area contributed by atoms with Crippen LogP contribution in [0.25, 0.3) is 0 Å². The third kappa shape index (κ3) is 3.31. The molecule has 4 rings (SSSR count). The minimum atomic E-state index is -4.34. The summed E-state index contributed by atoms with van der Waals surface area (Å²) in [6.07, 6.45) is 1.06. The van der Waals surface area contributed by atoms with Crippen LogP contribution in [0.3, 0.4) is 0 Å². The Morgan fingerprint density at radius 3 is 2.55 bits per heavy atom. The lowest BCUT2D eigenvalue weighted by Crippen LogP contribution is -2.77. The molecule has 0 unspecified atom stereocenters. The number of hydrogen-bond acceptors (Lipinski definition) is 2. The third-order valence-electron chi connectivity index (χ3n) is 3.93. The van der Waals surface area contributed by atoms with Crippen molar-refractivity contribution in [3.8, 4) is 0 Å². The van der Waals surface area contributed by atoms with Crippen LogP contribution in [0.15, 0.2) is 29.2 Å². The van der Waals surface area contributed by atoms with Crippen molar-refractivity contribution in [3.05, 3.63) is 29.8 Å². The Balaban J connectivity index is 1.49. The molecule has 3 aliphatic carbocycles. The number of halogens is 4. The summed E-state index contributed by atoms with van der Waals surface area (Å²) in [5.41, 5.74) is -5.26. The van der Waals surface area contributed by atoms with Crippen molar-refractivity contribution < 1.29 is 22.4 Å². The largest absolute Gasteiger partial charge is 0.446 e. The minimum absolute atomic E-state index is 0.0750. The molecule has 2 bridgehead atoms. The molecule has 120 valence electrons. The summed E-state index contributed by atoms with van der Waals surface area (Å²) in [7, 11) is 0. The Hall–Kier alpha value is -1.44. The van der Waals surface area contributed by atoms with Crippen LogP contribution in [0.2, 0.25) is 0 Å². The number of hydrogen-bond donors (Lipinski definition) is 2. The van der Waals surface area contributed by atoms with Crippen LogP contribution in [0.1, 0.15) is 24.8 Å². The van der Waals surface area contributed by atoms with Gasteiger partial charge in [-0.2, -0.15) is 13.2 Å². The Kier molecular flexibility index (Phi) is 3.54. The Labute approximate surface area is 128 Å². The maximum absolute atomic E-state index is 13.3. The van der Waals surface area contributed by atoms with Gasteiger partial charge in [-0.3, -0.25) is 0 Å². The molecule has 0 spiro atoms. The first-order valence-electron chi connectivity index (χ1n) is 6.77. The molecular formula is C14H14F4N2OS. The van der Waals surface area contributed by atoms with Gasteiger partial charge in [0, 0.05) is 30.7 Å². The van der Waals surface area contributed by atoms with E-state index in [0.717, 1.165) is 0 Å². The van der Waals surface area contributed by atoms with Crippen LogP contribution >= 0.6 is 11.8 Å². The lowest BCUT2D eigenvalue weighted by Gasteiger charge is -2.65. The van der Waals surface area contributed by atoms with Gasteiger partial charge in [0.1, 0.15) is 5.67 Å². The van der Waals surface area contributed by atoms with Crippen molar-refractivity contribution in [2.24, 2.45) is 0 Å². The van der Waals surface area contributed by atoms with Gasteiger partial charge in [0.2, 0.25) is 0 Å². The normalized spacial score (nSPS) is 29.3. The van der Waals surface area contributed by atoms with Crippen LogP contribution in [0, 0.1) is 0 Å². The molecule has 0 atom stereocenters. The van der Waals surface area contributed by atoms with Crippen LogP contribution < -0.4 is 10.6 Å². The first kappa shape index (κ1) is 15.5. The summed E-state index contributed by atoms with van der Waals surface area (Å²) in [4.78, 5) is 11.8. The van der Waals surface area contributed by atoms with E-state index in [1.54, 1.807) is 6.07 Å². The highest BCUT2D eigenvalue weighted by atomic mass is 32.2. The smallest absolute Gasteiger partial charge is 0.334 e. The van der Waals surface area contributed by atoms with Crippen LogP contribution in [0.5, 0.6) is 0 Å². The molecular weight excluding hydrogens is 320 g/mol. The van der Waals surface area contributed by atoms with E-state index >= 15 is 0 Å². The molecule has 0 saturated heterocycles. The molecule has 8 heteroatoms. The number of urea groups is 1. The lowest BCUT2D eigenvalue weighted by atomic mass is 9.47. The zero-order chi connectivity index (χ0) is 16.0. The molecule has 3 saturated carbocycles. The summed E-state index contributed by atoms with van der Waals surface area (Å²) in [5.74, 6) is 0. The van der Waals surface area contributed by atoms with Gasteiger partial charge in [0.25, 0.3) is 0 Å². The molecule has 3 nitrogen and oxygen atoms in total. The van der Waals surface area contributed by atoms with Gasteiger partial charge in [0.05, 0.1) is 5.54 Å². The number of amides is 2. The number of carbonyl (C=O) groups is 1. The number of nitrogens with one attached hydrogen (secondary N) is 2. The number of alkyl halides is 4. The quantitative estimate of drug-likeness (QED) is 0.650. The number of thioether (sulfide) groups is 1. The van der Waals surface area contributed by atoms with E-state index in [1.165, 1.54) is 18.2 Å². The Bertz CT molecular complexity index is 585. The molecule has 2 amide bonds. The maximum atomic E-state index is 13.3. The summed E-state index contributed by atoms with van der Waals surface area (Å²) < 4.78 is 50.3. The van der Waals surface area contributed by atoms with Crippen LogP contribution in [-0.4, -0.2) is 22.7 Å². The van der Waals surface area contributed by atoms with Crippen molar-refractivity contribution >= 4 is 17.8 Å². The van der Waals surface area contributed by atoms with E-state index < -0.39 is 22.7 Å². The second-order valence-corrected chi connectivity index (χ2v) is 7.10. The van der Waals surface area contributed by atoms with Crippen molar-refractivity contribution in [1.82, 2.24) is 10.6 Å². The van der Waals surface area contributed by atoms with Gasteiger partial charge in [-0.15, -0.1) is 0 Å². The molecule has 0 aliphatic heterocycles. The zero-order valence-electron chi connectivity index (χ0n) is 11.5. The predicted octanol–water partition coefficient (Wildman–Crippen LogP) is 3.74. The molecule has 0 aromatic heterocycles. The summed E-state index contributed by atoms with van der Waals surface area (Å²) in [6, 6.07) is 5.48. The van der Waals surface area contributed by atoms with Gasteiger partial charge in [-0.05, 0) is 29.5 Å². The van der Waals surface area contributed by atoms with Gasteiger partial charge < -0.3 is 10.6 Å². The molecule has 3 aliphatic rings. The van der Waals surface area contributed by atoms with E-state index in [-0.39, 0.29) is 23.2 Å². The van der Waals surface area contributed by atoms with Gasteiger partial charge in [-0.25, -0.2) is 9.18 Å². The van der Waals surface area contributed by atoms with E-state index in [2.05, 4.69) is 10.6 Å². The maximum Gasteiger partial charge on any atom is 0.446 e.